The first kappa shape index (κ1) is 19.8. The van der Waals surface area contributed by atoms with Gasteiger partial charge < -0.3 is 19.5 Å². The normalized spacial score (nSPS) is 11.0. The van der Waals surface area contributed by atoms with Gasteiger partial charge in [-0.25, -0.2) is 14.4 Å². The molecule has 0 aliphatic heterocycles. The van der Waals surface area contributed by atoms with Gasteiger partial charge in [-0.2, -0.15) is 0 Å². The minimum absolute atomic E-state index is 0.106. The molecule has 140 valence electrons. The smallest absolute Gasteiger partial charge is 0.316 e. The second-order valence-corrected chi connectivity index (χ2v) is 5.23. The maximum atomic E-state index is 11.8. The monoisotopic (exact) mass is 361 g/mol. The predicted molar refractivity (Wildman–Crippen MR) is 100 cm³/mol. The third-order valence-corrected chi connectivity index (χ3v) is 3.39. The molecule has 0 amide bonds. The highest BCUT2D eigenvalue weighted by Gasteiger charge is 1.99. The van der Waals surface area contributed by atoms with Crippen LogP contribution >= 0.6 is 0 Å². The lowest BCUT2D eigenvalue weighted by Crippen LogP contribution is -2.12. The molecule has 0 spiro atoms. The van der Waals surface area contributed by atoms with Crippen LogP contribution in [-0.4, -0.2) is 56.7 Å². The van der Waals surface area contributed by atoms with Gasteiger partial charge >= 0.3 is 6.01 Å². The van der Waals surface area contributed by atoms with Gasteiger partial charge in [0.2, 0.25) is 0 Å². The number of ether oxygens (including phenoxy) is 3. The van der Waals surface area contributed by atoms with Crippen molar-refractivity contribution in [1.82, 2.24) is 9.97 Å². The predicted octanol–water partition coefficient (Wildman–Crippen LogP) is 3.07. The summed E-state index contributed by atoms with van der Waals surface area (Å²) in [5.41, 5.74) is 3.02. The number of nitrogens with one attached hydrogen (secondary N) is 1. The number of aromatic nitrogens is 2. The molecular weight excluding hydrogens is 337 g/mol. The average Bonchev–Trinajstić information content (AvgIpc) is 2.69. The summed E-state index contributed by atoms with van der Waals surface area (Å²) in [6.45, 7) is 1.14. The van der Waals surface area contributed by atoms with E-state index in [1.54, 1.807) is 12.4 Å². The molecule has 0 radical (unpaired) electrons. The van der Waals surface area contributed by atoms with Crippen molar-refractivity contribution in [3.8, 4) is 6.01 Å². The summed E-state index contributed by atoms with van der Waals surface area (Å²) in [6.07, 6.45) is 7.35. The molecule has 1 aromatic carbocycles. The van der Waals surface area contributed by atoms with Gasteiger partial charge in [0.05, 0.1) is 26.4 Å². The summed E-state index contributed by atoms with van der Waals surface area (Å²) in [7, 11) is 1.89. The van der Waals surface area contributed by atoms with E-state index in [4.69, 9.17) is 14.2 Å². The summed E-state index contributed by atoms with van der Waals surface area (Å²) < 4.78 is 27.5. The molecule has 0 fully saturated rings. The Kier molecular flexibility index (Phi) is 9.10. The Morgan fingerprint density at radius 2 is 1.65 bits per heavy atom. The zero-order valence-corrected chi connectivity index (χ0v) is 14.9. The number of nitrogens with zero attached hydrogens (tertiary/aromatic N) is 2. The molecule has 1 aromatic heterocycles. The minimum Gasteiger partial charge on any atom is -0.461 e. The summed E-state index contributed by atoms with van der Waals surface area (Å²) in [5, 5.41) is 3.15. The maximum Gasteiger partial charge on any atom is 0.316 e. The molecule has 0 bridgehead atoms. The van der Waals surface area contributed by atoms with Gasteiger partial charge in [-0.15, -0.1) is 0 Å². The Hall–Kier alpha value is -2.51. The zero-order chi connectivity index (χ0) is 18.5. The Labute approximate surface area is 153 Å². The maximum absolute atomic E-state index is 11.8. The van der Waals surface area contributed by atoms with Crippen LogP contribution in [0, 0.1) is 0 Å². The average molecular weight is 361 g/mol. The fourth-order valence-electron chi connectivity index (χ4n) is 2.11. The molecule has 0 saturated heterocycles. The number of rotatable bonds is 12. The summed E-state index contributed by atoms with van der Waals surface area (Å²) in [5.74, 6) is 0. The van der Waals surface area contributed by atoms with Crippen molar-refractivity contribution >= 4 is 17.8 Å². The molecule has 1 heterocycles. The van der Waals surface area contributed by atoms with E-state index in [2.05, 4.69) is 15.3 Å². The molecule has 26 heavy (non-hydrogen) atoms. The van der Waals surface area contributed by atoms with E-state index >= 15 is 0 Å². The second kappa shape index (κ2) is 11.9. The van der Waals surface area contributed by atoms with Crippen molar-refractivity contribution in [3.63, 3.8) is 0 Å². The first-order valence-corrected chi connectivity index (χ1v) is 8.44. The summed E-state index contributed by atoms with van der Waals surface area (Å²) in [6, 6.07) is 8.32. The van der Waals surface area contributed by atoms with Crippen LogP contribution in [0.3, 0.4) is 0 Å². The number of benzene rings is 1. The third-order valence-electron chi connectivity index (χ3n) is 3.39. The number of hydrogen-bond acceptors (Lipinski definition) is 6. The van der Waals surface area contributed by atoms with E-state index in [-0.39, 0.29) is 6.61 Å². The molecule has 0 atom stereocenters. The first-order chi connectivity index (χ1) is 12.8. The lowest BCUT2D eigenvalue weighted by molar-refractivity contribution is 0.0315. The van der Waals surface area contributed by atoms with Crippen LogP contribution in [0.25, 0.3) is 12.2 Å². The van der Waals surface area contributed by atoms with E-state index < -0.39 is 6.67 Å². The molecular formula is C19H24FN3O3. The fraction of sp³-hybridized carbons (Fsp3) is 0.368. The van der Waals surface area contributed by atoms with Crippen LogP contribution in [0.4, 0.5) is 10.1 Å². The molecule has 6 nitrogen and oxygen atoms in total. The Bertz CT molecular complexity index is 665. The van der Waals surface area contributed by atoms with Gasteiger partial charge in [0, 0.05) is 30.7 Å². The van der Waals surface area contributed by atoms with Crippen molar-refractivity contribution in [2.75, 3.05) is 52.1 Å². The van der Waals surface area contributed by atoms with Gasteiger partial charge in [0.1, 0.15) is 13.3 Å². The van der Waals surface area contributed by atoms with Crippen molar-refractivity contribution in [3.05, 3.63) is 47.8 Å². The van der Waals surface area contributed by atoms with E-state index in [9.17, 15) is 4.39 Å². The van der Waals surface area contributed by atoms with Crippen molar-refractivity contribution in [1.29, 1.82) is 0 Å². The lowest BCUT2D eigenvalue weighted by atomic mass is 10.1. The Morgan fingerprint density at radius 1 is 0.962 bits per heavy atom. The minimum atomic E-state index is -0.479. The van der Waals surface area contributed by atoms with Gasteiger partial charge in [0.15, 0.2) is 0 Å². The van der Waals surface area contributed by atoms with Gasteiger partial charge in [-0.1, -0.05) is 30.4 Å². The number of hydrogen-bond donors (Lipinski definition) is 1. The van der Waals surface area contributed by atoms with Crippen molar-refractivity contribution in [2.24, 2.45) is 0 Å². The Morgan fingerprint density at radius 3 is 2.38 bits per heavy atom. The molecule has 0 unspecified atom stereocenters. The lowest BCUT2D eigenvalue weighted by Gasteiger charge is -2.06. The topological polar surface area (TPSA) is 65.5 Å². The molecule has 0 aliphatic carbocycles. The largest absolute Gasteiger partial charge is 0.461 e. The van der Waals surface area contributed by atoms with Crippen LogP contribution in [0.1, 0.15) is 11.1 Å². The highest BCUT2D eigenvalue weighted by atomic mass is 19.1. The molecule has 7 heteroatoms. The van der Waals surface area contributed by atoms with E-state index in [1.165, 1.54) is 0 Å². The van der Waals surface area contributed by atoms with Crippen molar-refractivity contribution in [2.45, 2.75) is 0 Å². The highest BCUT2D eigenvalue weighted by molar-refractivity contribution is 5.76. The SMILES string of the molecule is CNc1ccccc1C=Cc1cnc(OCCOCCOCCF)nc1. The highest BCUT2D eigenvalue weighted by Crippen LogP contribution is 2.17. The molecule has 0 saturated carbocycles. The zero-order valence-electron chi connectivity index (χ0n) is 14.9. The van der Waals surface area contributed by atoms with Crippen LogP contribution in [0.5, 0.6) is 6.01 Å². The molecule has 2 rings (SSSR count). The van der Waals surface area contributed by atoms with Crippen LogP contribution in [0.15, 0.2) is 36.7 Å². The van der Waals surface area contributed by atoms with Gasteiger partial charge in [0.25, 0.3) is 0 Å². The summed E-state index contributed by atoms with van der Waals surface area (Å²) in [4.78, 5) is 8.34. The summed E-state index contributed by atoms with van der Waals surface area (Å²) >= 11 is 0. The standard InChI is InChI=1S/C19H24FN3O3/c1-21-18-5-3-2-4-17(18)7-6-16-14-22-19(23-15-16)26-13-12-25-11-10-24-9-8-20/h2-7,14-15,21H,8-13H2,1H3. The van der Waals surface area contributed by atoms with E-state index in [0.717, 1.165) is 16.8 Å². The van der Waals surface area contributed by atoms with Crippen LogP contribution in [0.2, 0.25) is 0 Å². The third kappa shape index (κ3) is 7.16. The number of para-hydroxylation sites is 1. The number of anilines is 1. The van der Waals surface area contributed by atoms with Crippen LogP contribution < -0.4 is 10.1 Å². The quantitative estimate of drug-likeness (QED) is 0.586. The fourth-order valence-corrected chi connectivity index (χ4v) is 2.11. The van der Waals surface area contributed by atoms with Gasteiger partial charge in [-0.05, 0) is 11.6 Å². The van der Waals surface area contributed by atoms with Gasteiger partial charge in [-0.3, -0.25) is 0 Å². The van der Waals surface area contributed by atoms with Crippen LogP contribution in [-0.2, 0) is 9.47 Å². The molecule has 0 aliphatic rings. The Balaban J connectivity index is 1.72. The van der Waals surface area contributed by atoms with Crippen molar-refractivity contribution < 1.29 is 18.6 Å². The number of halogens is 1. The molecule has 1 N–H and O–H groups in total. The van der Waals surface area contributed by atoms with E-state index in [0.29, 0.717) is 32.4 Å². The number of alkyl halides is 1. The molecule has 2 aromatic rings. The second-order valence-electron chi connectivity index (χ2n) is 5.23. The first-order valence-electron chi connectivity index (χ1n) is 8.44. The van der Waals surface area contributed by atoms with E-state index in [1.807, 2.05) is 43.5 Å².